The Bertz CT molecular complexity index is 1300. The standard InChI is InChI=1S/C24H18BrNO4/c25-18-10-11-19-20(12-18)21(17-4-2-1-3-5-17)22(24(29)30)26(23(19)28)13-15-6-8-16(14-27)9-7-15/h1-12,27H,13-14H2,(H,29,30). The SMILES string of the molecule is O=C(O)c1c(-c2ccccc2)c2cc(Br)ccc2c(=O)n1Cc1ccc(CO)cc1. The molecule has 0 aliphatic carbocycles. The quantitative estimate of drug-likeness (QED) is 0.450. The number of aromatic nitrogens is 1. The zero-order valence-corrected chi connectivity index (χ0v) is 17.5. The number of fused-ring (bicyclic) bond motifs is 1. The second-order valence-electron chi connectivity index (χ2n) is 6.95. The zero-order valence-electron chi connectivity index (χ0n) is 15.9. The number of carbonyl (C=O) groups is 1. The maximum atomic E-state index is 13.3. The lowest BCUT2D eigenvalue weighted by atomic mass is 9.96. The van der Waals surface area contributed by atoms with Gasteiger partial charge in [0.15, 0.2) is 0 Å². The maximum absolute atomic E-state index is 13.3. The second kappa shape index (κ2) is 8.26. The molecule has 0 fully saturated rings. The van der Waals surface area contributed by atoms with Gasteiger partial charge in [-0.1, -0.05) is 70.5 Å². The van der Waals surface area contributed by atoms with Gasteiger partial charge in [0.1, 0.15) is 5.69 Å². The van der Waals surface area contributed by atoms with Gasteiger partial charge in [0, 0.05) is 15.4 Å². The molecule has 1 aromatic heterocycles. The van der Waals surface area contributed by atoms with E-state index in [1.807, 2.05) is 30.3 Å². The summed E-state index contributed by atoms with van der Waals surface area (Å²) in [5.74, 6) is -1.17. The van der Waals surface area contributed by atoms with Gasteiger partial charge in [-0.3, -0.25) is 9.36 Å². The third-order valence-corrected chi connectivity index (χ3v) is 5.54. The topological polar surface area (TPSA) is 79.5 Å². The second-order valence-corrected chi connectivity index (χ2v) is 7.87. The van der Waals surface area contributed by atoms with E-state index in [-0.39, 0.29) is 24.4 Å². The van der Waals surface area contributed by atoms with E-state index < -0.39 is 5.97 Å². The fourth-order valence-corrected chi connectivity index (χ4v) is 3.98. The van der Waals surface area contributed by atoms with Gasteiger partial charge in [0.25, 0.3) is 5.56 Å². The fraction of sp³-hybridized carbons (Fsp3) is 0.0833. The fourth-order valence-electron chi connectivity index (χ4n) is 3.62. The van der Waals surface area contributed by atoms with Gasteiger partial charge in [-0.2, -0.15) is 0 Å². The van der Waals surface area contributed by atoms with Crippen molar-refractivity contribution in [3.8, 4) is 11.1 Å². The largest absolute Gasteiger partial charge is 0.477 e. The van der Waals surface area contributed by atoms with Gasteiger partial charge >= 0.3 is 5.97 Å². The highest BCUT2D eigenvalue weighted by atomic mass is 79.9. The average Bonchev–Trinajstić information content (AvgIpc) is 2.76. The van der Waals surface area contributed by atoms with Crippen LogP contribution >= 0.6 is 15.9 Å². The summed E-state index contributed by atoms with van der Waals surface area (Å²) < 4.78 is 2.08. The molecule has 0 saturated heterocycles. The number of nitrogens with zero attached hydrogens (tertiary/aromatic N) is 1. The first-order chi connectivity index (χ1) is 14.5. The van der Waals surface area contributed by atoms with Crippen LogP contribution in [0.1, 0.15) is 21.6 Å². The van der Waals surface area contributed by atoms with E-state index in [2.05, 4.69) is 15.9 Å². The summed E-state index contributed by atoms with van der Waals surface area (Å²) in [4.78, 5) is 25.7. The van der Waals surface area contributed by atoms with Crippen LogP contribution in [0, 0.1) is 0 Å². The third-order valence-electron chi connectivity index (χ3n) is 5.04. The zero-order chi connectivity index (χ0) is 21.3. The van der Waals surface area contributed by atoms with Crippen LogP contribution in [-0.4, -0.2) is 20.7 Å². The van der Waals surface area contributed by atoms with Crippen LogP contribution in [0.15, 0.2) is 82.1 Å². The molecule has 5 nitrogen and oxygen atoms in total. The van der Waals surface area contributed by atoms with Crippen molar-refractivity contribution in [2.45, 2.75) is 13.2 Å². The number of hydrogen-bond donors (Lipinski definition) is 2. The molecule has 0 spiro atoms. The van der Waals surface area contributed by atoms with Crippen LogP contribution in [0.2, 0.25) is 0 Å². The molecule has 4 aromatic rings. The van der Waals surface area contributed by atoms with E-state index in [0.717, 1.165) is 21.2 Å². The van der Waals surface area contributed by atoms with Crippen molar-refractivity contribution in [1.82, 2.24) is 4.57 Å². The number of carboxylic acid groups (broad SMARTS) is 1. The Morgan fingerprint density at radius 3 is 2.20 bits per heavy atom. The Morgan fingerprint density at radius 1 is 0.900 bits per heavy atom. The summed E-state index contributed by atoms with van der Waals surface area (Å²) in [6, 6.07) is 21.6. The van der Waals surface area contributed by atoms with Gasteiger partial charge in [0.05, 0.1) is 13.2 Å². The molecule has 0 aliphatic heterocycles. The number of aliphatic hydroxyl groups is 1. The van der Waals surface area contributed by atoms with Crippen LogP contribution in [0.4, 0.5) is 0 Å². The first-order valence-electron chi connectivity index (χ1n) is 9.33. The van der Waals surface area contributed by atoms with Crippen LogP contribution in [0.3, 0.4) is 0 Å². The molecular weight excluding hydrogens is 446 g/mol. The molecule has 0 aliphatic rings. The summed E-state index contributed by atoms with van der Waals surface area (Å²) in [5.41, 5.74) is 2.34. The molecule has 30 heavy (non-hydrogen) atoms. The van der Waals surface area contributed by atoms with Gasteiger partial charge in [-0.25, -0.2) is 4.79 Å². The molecule has 0 saturated carbocycles. The number of hydrogen-bond acceptors (Lipinski definition) is 3. The molecule has 0 radical (unpaired) electrons. The van der Waals surface area contributed by atoms with Gasteiger partial charge in [-0.05, 0) is 40.3 Å². The normalized spacial score (nSPS) is 11.0. The Balaban J connectivity index is 2.05. The van der Waals surface area contributed by atoms with E-state index >= 15 is 0 Å². The number of carboxylic acids is 1. The summed E-state index contributed by atoms with van der Waals surface area (Å²) in [6.45, 7) is 0.0294. The van der Waals surface area contributed by atoms with Crippen LogP contribution in [-0.2, 0) is 13.2 Å². The lowest BCUT2D eigenvalue weighted by Gasteiger charge is -2.18. The predicted molar refractivity (Wildman–Crippen MR) is 120 cm³/mol. The Kier molecular flexibility index (Phi) is 5.53. The van der Waals surface area contributed by atoms with E-state index in [0.29, 0.717) is 16.3 Å². The predicted octanol–water partition coefficient (Wildman–Crippen LogP) is 4.67. The summed E-state index contributed by atoms with van der Waals surface area (Å²) >= 11 is 3.43. The Hall–Kier alpha value is -3.22. The van der Waals surface area contributed by atoms with E-state index in [4.69, 9.17) is 0 Å². The Labute approximate surface area is 181 Å². The van der Waals surface area contributed by atoms with Crippen molar-refractivity contribution in [3.63, 3.8) is 0 Å². The first kappa shape index (κ1) is 20.1. The monoisotopic (exact) mass is 463 g/mol. The summed E-state index contributed by atoms with van der Waals surface area (Å²) in [5, 5.41) is 20.4. The lowest BCUT2D eigenvalue weighted by molar-refractivity contribution is 0.0685. The highest BCUT2D eigenvalue weighted by Crippen LogP contribution is 2.32. The third kappa shape index (κ3) is 3.67. The molecular formula is C24H18BrNO4. The molecule has 1 heterocycles. The molecule has 3 aromatic carbocycles. The van der Waals surface area contributed by atoms with Crippen molar-refractivity contribution < 1.29 is 15.0 Å². The number of benzene rings is 3. The number of halogens is 1. The van der Waals surface area contributed by atoms with E-state index in [9.17, 15) is 19.8 Å². The molecule has 2 N–H and O–H groups in total. The number of pyridine rings is 1. The van der Waals surface area contributed by atoms with Gasteiger partial charge in [-0.15, -0.1) is 0 Å². The smallest absolute Gasteiger partial charge is 0.353 e. The lowest BCUT2D eigenvalue weighted by Crippen LogP contribution is -2.28. The minimum atomic E-state index is -1.17. The van der Waals surface area contributed by atoms with Gasteiger partial charge in [0.2, 0.25) is 0 Å². The molecule has 0 atom stereocenters. The maximum Gasteiger partial charge on any atom is 0.353 e. The van der Waals surface area contributed by atoms with Crippen LogP contribution < -0.4 is 5.56 Å². The van der Waals surface area contributed by atoms with Crippen molar-refractivity contribution in [2.24, 2.45) is 0 Å². The van der Waals surface area contributed by atoms with Crippen molar-refractivity contribution in [2.75, 3.05) is 0 Å². The summed E-state index contributed by atoms with van der Waals surface area (Å²) in [7, 11) is 0. The van der Waals surface area contributed by atoms with E-state index in [1.165, 1.54) is 4.57 Å². The number of aliphatic hydroxyl groups excluding tert-OH is 1. The van der Waals surface area contributed by atoms with Crippen molar-refractivity contribution in [3.05, 3.63) is 104 Å². The van der Waals surface area contributed by atoms with Crippen molar-refractivity contribution >= 4 is 32.7 Å². The van der Waals surface area contributed by atoms with Crippen molar-refractivity contribution in [1.29, 1.82) is 0 Å². The molecule has 150 valence electrons. The number of rotatable bonds is 5. The number of aromatic carboxylic acids is 1. The van der Waals surface area contributed by atoms with Crippen LogP contribution in [0.5, 0.6) is 0 Å². The summed E-state index contributed by atoms with van der Waals surface area (Å²) in [6.07, 6.45) is 0. The minimum absolute atomic E-state index is 0.0527. The first-order valence-corrected chi connectivity index (χ1v) is 10.1. The highest BCUT2D eigenvalue weighted by Gasteiger charge is 2.23. The van der Waals surface area contributed by atoms with E-state index in [1.54, 1.807) is 42.5 Å². The molecule has 4 rings (SSSR count). The van der Waals surface area contributed by atoms with Gasteiger partial charge < -0.3 is 10.2 Å². The average molecular weight is 464 g/mol. The molecule has 0 unspecified atom stereocenters. The van der Waals surface area contributed by atoms with Crippen LogP contribution in [0.25, 0.3) is 21.9 Å². The highest BCUT2D eigenvalue weighted by molar-refractivity contribution is 9.10. The molecule has 0 bridgehead atoms. The molecule has 0 amide bonds. The minimum Gasteiger partial charge on any atom is -0.477 e. The Morgan fingerprint density at radius 2 is 1.57 bits per heavy atom. The molecule has 6 heteroatoms.